The molecule has 9 heteroatoms. The number of fused-ring (bicyclic) bond motifs is 3. The minimum absolute atomic E-state index is 0.00868. The standard InChI is InChI=1S/C30H19F3N2O3S/c31-30(32,33)19-14-15-26-23(17-19)34(22-12-6-7-13-25(22)39-26)29(38)24(16-18-8-2-1-3-9-18)35-27(36)20-10-4-5-11-21(20)28(35)37/h1-15,17,24H,16H2/t24-/m0/s1. The summed E-state index contributed by atoms with van der Waals surface area (Å²) in [6.45, 7) is 0. The summed E-state index contributed by atoms with van der Waals surface area (Å²) in [5.41, 5.74) is 0.586. The average molecular weight is 545 g/mol. The van der Waals surface area contributed by atoms with E-state index in [1.54, 1.807) is 66.7 Å². The minimum atomic E-state index is -4.63. The fourth-order valence-electron chi connectivity index (χ4n) is 4.93. The van der Waals surface area contributed by atoms with Crippen molar-refractivity contribution >= 4 is 40.9 Å². The number of imide groups is 1. The van der Waals surface area contributed by atoms with Crippen molar-refractivity contribution in [2.45, 2.75) is 28.4 Å². The third-order valence-corrected chi connectivity index (χ3v) is 7.90. The van der Waals surface area contributed by atoms with Crippen LogP contribution in [0.4, 0.5) is 24.5 Å². The zero-order chi connectivity index (χ0) is 27.3. The number of halogens is 3. The number of para-hydroxylation sites is 1. The van der Waals surface area contributed by atoms with Gasteiger partial charge in [-0.1, -0.05) is 66.4 Å². The molecule has 0 N–H and O–H groups in total. The molecule has 39 heavy (non-hydrogen) atoms. The van der Waals surface area contributed by atoms with Crippen molar-refractivity contribution < 1.29 is 27.6 Å². The Hall–Kier alpha value is -4.37. The zero-order valence-electron chi connectivity index (χ0n) is 20.2. The van der Waals surface area contributed by atoms with Crippen molar-refractivity contribution in [1.29, 1.82) is 0 Å². The number of hydrogen-bond acceptors (Lipinski definition) is 4. The minimum Gasteiger partial charge on any atom is -0.277 e. The summed E-state index contributed by atoms with van der Waals surface area (Å²) in [5.74, 6) is -1.91. The molecule has 0 aliphatic carbocycles. The van der Waals surface area contributed by atoms with E-state index in [0.29, 0.717) is 21.0 Å². The normalized spacial score (nSPS) is 15.1. The first-order valence-electron chi connectivity index (χ1n) is 12.1. The van der Waals surface area contributed by atoms with E-state index < -0.39 is 35.5 Å². The fraction of sp³-hybridized carbons (Fsp3) is 0.100. The van der Waals surface area contributed by atoms with Gasteiger partial charge in [-0.15, -0.1) is 0 Å². The van der Waals surface area contributed by atoms with Gasteiger partial charge in [0.25, 0.3) is 17.7 Å². The van der Waals surface area contributed by atoms with Gasteiger partial charge in [0, 0.05) is 16.2 Å². The van der Waals surface area contributed by atoms with Crippen LogP contribution in [0.15, 0.2) is 107 Å². The van der Waals surface area contributed by atoms with E-state index in [4.69, 9.17) is 0 Å². The van der Waals surface area contributed by atoms with Crippen LogP contribution in [-0.4, -0.2) is 28.7 Å². The third-order valence-electron chi connectivity index (χ3n) is 6.77. The maximum atomic E-state index is 14.5. The molecule has 0 radical (unpaired) electrons. The molecule has 0 spiro atoms. The van der Waals surface area contributed by atoms with E-state index in [1.165, 1.54) is 34.9 Å². The predicted octanol–water partition coefficient (Wildman–Crippen LogP) is 6.74. The highest BCUT2D eigenvalue weighted by Crippen LogP contribution is 2.50. The Morgan fingerprint density at radius 2 is 1.33 bits per heavy atom. The Labute approximate surface area is 225 Å². The van der Waals surface area contributed by atoms with Gasteiger partial charge in [0.2, 0.25) is 0 Å². The van der Waals surface area contributed by atoms with Gasteiger partial charge in [0.15, 0.2) is 0 Å². The Balaban J connectivity index is 1.51. The number of rotatable bonds is 4. The summed E-state index contributed by atoms with van der Waals surface area (Å²) in [4.78, 5) is 44.8. The first-order valence-corrected chi connectivity index (χ1v) is 12.9. The second-order valence-electron chi connectivity index (χ2n) is 9.16. The molecule has 0 unspecified atom stereocenters. The molecule has 4 aromatic rings. The highest BCUT2D eigenvalue weighted by atomic mass is 32.2. The van der Waals surface area contributed by atoms with Gasteiger partial charge >= 0.3 is 6.18 Å². The van der Waals surface area contributed by atoms with Crippen LogP contribution >= 0.6 is 11.8 Å². The van der Waals surface area contributed by atoms with Gasteiger partial charge < -0.3 is 0 Å². The number of amides is 3. The van der Waals surface area contributed by atoms with Crippen LogP contribution in [0.25, 0.3) is 0 Å². The molecule has 1 atom stereocenters. The molecule has 2 aliphatic rings. The van der Waals surface area contributed by atoms with Crippen LogP contribution < -0.4 is 4.90 Å². The van der Waals surface area contributed by atoms with E-state index in [2.05, 4.69) is 0 Å². The maximum absolute atomic E-state index is 14.5. The SMILES string of the molecule is O=C([C@H](Cc1ccccc1)N1C(=O)c2ccccc2C1=O)N1c2ccccc2Sc2ccc(C(F)(F)F)cc21. The molecular formula is C30H19F3N2O3S. The molecule has 0 saturated carbocycles. The van der Waals surface area contributed by atoms with Crippen molar-refractivity contribution in [3.63, 3.8) is 0 Å². The van der Waals surface area contributed by atoms with E-state index in [1.807, 2.05) is 0 Å². The quantitative estimate of drug-likeness (QED) is 0.267. The van der Waals surface area contributed by atoms with Crippen LogP contribution in [0.3, 0.4) is 0 Å². The van der Waals surface area contributed by atoms with Gasteiger partial charge in [-0.3, -0.25) is 24.2 Å². The van der Waals surface area contributed by atoms with Crippen molar-refractivity contribution in [3.8, 4) is 0 Å². The Morgan fingerprint density at radius 1 is 0.744 bits per heavy atom. The Bertz CT molecular complexity index is 1600. The largest absolute Gasteiger partial charge is 0.416 e. The number of carbonyl (C=O) groups is 3. The van der Waals surface area contributed by atoms with Crippen molar-refractivity contribution in [2.24, 2.45) is 0 Å². The smallest absolute Gasteiger partial charge is 0.277 e. The zero-order valence-corrected chi connectivity index (χ0v) is 21.0. The number of benzene rings is 4. The van der Waals surface area contributed by atoms with Crippen LogP contribution in [0.2, 0.25) is 0 Å². The van der Waals surface area contributed by atoms with Crippen LogP contribution in [0, 0.1) is 0 Å². The highest BCUT2D eigenvalue weighted by Gasteiger charge is 2.45. The van der Waals surface area contributed by atoms with E-state index >= 15 is 0 Å². The van der Waals surface area contributed by atoms with Crippen molar-refractivity contribution in [3.05, 3.63) is 119 Å². The fourth-order valence-corrected chi connectivity index (χ4v) is 5.97. The number of hydrogen-bond donors (Lipinski definition) is 0. The topological polar surface area (TPSA) is 57.7 Å². The van der Waals surface area contributed by atoms with Gasteiger partial charge in [-0.2, -0.15) is 13.2 Å². The number of alkyl halides is 3. The lowest BCUT2D eigenvalue weighted by Gasteiger charge is -2.36. The third kappa shape index (κ3) is 4.28. The molecule has 0 aromatic heterocycles. The second kappa shape index (κ2) is 9.43. The number of nitrogens with zero attached hydrogens (tertiary/aromatic N) is 2. The first kappa shape index (κ1) is 24.9. The molecule has 5 nitrogen and oxygen atoms in total. The lowest BCUT2D eigenvalue weighted by molar-refractivity contribution is -0.137. The van der Waals surface area contributed by atoms with Crippen LogP contribution in [0.5, 0.6) is 0 Å². The highest BCUT2D eigenvalue weighted by molar-refractivity contribution is 7.99. The van der Waals surface area contributed by atoms with Crippen molar-refractivity contribution in [2.75, 3.05) is 4.90 Å². The molecule has 194 valence electrons. The maximum Gasteiger partial charge on any atom is 0.416 e. The molecule has 6 rings (SSSR count). The van der Waals surface area contributed by atoms with Crippen LogP contribution in [-0.2, 0) is 17.4 Å². The molecule has 4 aromatic carbocycles. The Morgan fingerprint density at radius 3 is 2.00 bits per heavy atom. The van der Waals surface area contributed by atoms with E-state index in [0.717, 1.165) is 17.0 Å². The molecular weight excluding hydrogens is 525 g/mol. The molecule has 2 aliphatic heterocycles. The van der Waals surface area contributed by atoms with Gasteiger partial charge in [0.1, 0.15) is 6.04 Å². The number of carbonyl (C=O) groups excluding carboxylic acids is 3. The van der Waals surface area contributed by atoms with Gasteiger partial charge in [0.05, 0.1) is 28.1 Å². The van der Waals surface area contributed by atoms with E-state index in [-0.39, 0.29) is 23.2 Å². The summed E-state index contributed by atoms with van der Waals surface area (Å²) in [7, 11) is 0. The van der Waals surface area contributed by atoms with E-state index in [9.17, 15) is 27.6 Å². The summed E-state index contributed by atoms with van der Waals surface area (Å²) >= 11 is 1.25. The first-order chi connectivity index (χ1) is 18.7. The molecule has 2 heterocycles. The summed E-state index contributed by atoms with van der Waals surface area (Å²) in [6.07, 6.45) is -4.64. The second-order valence-corrected chi connectivity index (χ2v) is 10.2. The van der Waals surface area contributed by atoms with Crippen LogP contribution in [0.1, 0.15) is 31.8 Å². The summed E-state index contributed by atoms with van der Waals surface area (Å²) < 4.78 is 41.2. The lowest BCUT2D eigenvalue weighted by atomic mass is 10.0. The average Bonchev–Trinajstić information content (AvgIpc) is 3.19. The lowest BCUT2D eigenvalue weighted by Crippen LogP contribution is -2.51. The van der Waals surface area contributed by atoms with Gasteiger partial charge in [-0.05, 0) is 48.0 Å². The summed E-state index contributed by atoms with van der Waals surface area (Å²) in [6, 6.07) is 24.0. The summed E-state index contributed by atoms with van der Waals surface area (Å²) in [5, 5.41) is 0. The van der Waals surface area contributed by atoms with Gasteiger partial charge in [-0.25, -0.2) is 0 Å². The predicted molar refractivity (Wildman–Crippen MR) is 140 cm³/mol. The van der Waals surface area contributed by atoms with Crippen molar-refractivity contribution in [1.82, 2.24) is 4.90 Å². The molecule has 0 saturated heterocycles. The molecule has 3 amide bonds. The number of anilines is 2. The molecule has 0 bridgehead atoms. The molecule has 0 fully saturated rings. The monoisotopic (exact) mass is 544 g/mol. The Kier molecular flexibility index (Phi) is 6.03.